The van der Waals surface area contributed by atoms with Gasteiger partial charge < -0.3 is 10.1 Å². The quantitative estimate of drug-likeness (QED) is 0.856. The second-order valence-electron chi connectivity index (χ2n) is 3.96. The molecule has 1 aromatic heterocycles. The summed E-state index contributed by atoms with van der Waals surface area (Å²) in [4.78, 5) is 8.08. The van der Waals surface area contributed by atoms with E-state index in [0.717, 1.165) is 0 Å². The first-order valence-electron chi connectivity index (χ1n) is 5.82. The predicted molar refractivity (Wildman–Crippen MR) is 72.2 cm³/mol. The summed E-state index contributed by atoms with van der Waals surface area (Å²) >= 11 is 5.82. The molecule has 0 saturated heterocycles. The Kier molecular flexibility index (Phi) is 4.68. The topological polar surface area (TPSA) is 47.0 Å². The van der Waals surface area contributed by atoms with Crippen molar-refractivity contribution < 1.29 is 13.5 Å². The number of hydrogen-bond acceptors (Lipinski definition) is 4. The maximum Gasteiger partial charge on any atom is 0.387 e. The molecule has 0 spiro atoms. The smallest absolute Gasteiger partial charge is 0.387 e. The summed E-state index contributed by atoms with van der Waals surface area (Å²) in [7, 11) is 0. The largest absolute Gasteiger partial charge is 0.434 e. The maximum absolute atomic E-state index is 12.3. The van der Waals surface area contributed by atoms with Crippen LogP contribution in [0.4, 0.5) is 14.6 Å². The Balaban J connectivity index is 2.10. The summed E-state index contributed by atoms with van der Waals surface area (Å²) in [5.41, 5.74) is 0.597. The van der Waals surface area contributed by atoms with Crippen LogP contribution in [0, 0.1) is 6.92 Å². The van der Waals surface area contributed by atoms with Crippen molar-refractivity contribution in [3.63, 3.8) is 0 Å². The molecule has 0 bridgehead atoms. The normalized spacial score (nSPS) is 10.7. The monoisotopic (exact) mass is 299 g/mol. The lowest BCUT2D eigenvalue weighted by molar-refractivity contribution is -0.0504. The van der Waals surface area contributed by atoms with E-state index in [9.17, 15) is 8.78 Å². The Bertz CT molecular complexity index is 575. The fraction of sp³-hybridized carbons (Fsp3) is 0.231. The number of nitrogens with one attached hydrogen (secondary N) is 1. The molecule has 0 fully saturated rings. The van der Waals surface area contributed by atoms with Crippen molar-refractivity contribution in [1.82, 2.24) is 9.97 Å². The van der Waals surface area contributed by atoms with Gasteiger partial charge in [0.2, 0.25) is 0 Å². The third kappa shape index (κ3) is 4.03. The molecule has 0 aliphatic rings. The van der Waals surface area contributed by atoms with Crippen LogP contribution >= 0.6 is 11.6 Å². The number of rotatable bonds is 5. The molecule has 2 aromatic rings. The highest BCUT2D eigenvalue weighted by Gasteiger charge is 2.09. The van der Waals surface area contributed by atoms with E-state index in [1.54, 1.807) is 31.2 Å². The highest BCUT2D eigenvalue weighted by molar-refractivity contribution is 6.29. The number of ether oxygens (including phenoxy) is 1. The molecule has 0 unspecified atom stereocenters. The van der Waals surface area contributed by atoms with E-state index in [1.165, 1.54) is 6.07 Å². The Hall–Kier alpha value is -1.95. The van der Waals surface area contributed by atoms with E-state index in [1.807, 2.05) is 0 Å². The molecule has 1 N–H and O–H groups in total. The average Bonchev–Trinajstić information content (AvgIpc) is 2.36. The summed E-state index contributed by atoms with van der Waals surface area (Å²) in [6.07, 6.45) is 0. The molecule has 0 saturated carbocycles. The van der Waals surface area contributed by atoms with E-state index >= 15 is 0 Å². The first kappa shape index (κ1) is 14.5. The van der Waals surface area contributed by atoms with Crippen molar-refractivity contribution in [2.45, 2.75) is 20.1 Å². The molecule has 0 radical (unpaired) electrons. The predicted octanol–water partition coefficient (Wildman–Crippen LogP) is 3.65. The lowest BCUT2D eigenvalue weighted by Crippen LogP contribution is -2.08. The van der Waals surface area contributed by atoms with Gasteiger partial charge in [0.15, 0.2) is 0 Å². The number of benzene rings is 1. The van der Waals surface area contributed by atoms with Gasteiger partial charge in [0.05, 0.1) is 0 Å². The molecule has 0 aliphatic heterocycles. The van der Waals surface area contributed by atoms with Crippen LogP contribution in [-0.4, -0.2) is 16.6 Å². The van der Waals surface area contributed by atoms with E-state index in [4.69, 9.17) is 11.6 Å². The zero-order valence-corrected chi connectivity index (χ0v) is 11.4. The van der Waals surface area contributed by atoms with E-state index in [2.05, 4.69) is 20.0 Å². The van der Waals surface area contributed by atoms with Crippen LogP contribution in [0.3, 0.4) is 0 Å². The van der Waals surface area contributed by atoms with E-state index in [-0.39, 0.29) is 12.3 Å². The SMILES string of the molecule is Cc1nc(Cl)cc(NCc2ccccc2OC(F)F)n1. The third-order valence-electron chi connectivity index (χ3n) is 2.46. The zero-order valence-electron chi connectivity index (χ0n) is 10.6. The van der Waals surface area contributed by atoms with Gasteiger partial charge in [-0.2, -0.15) is 8.78 Å². The van der Waals surface area contributed by atoms with Crippen LogP contribution in [0.1, 0.15) is 11.4 Å². The van der Waals surface area contributed by atoms with Crippen molar-refractivity contribution in [3.05, 3.63) is 46.9 Å². The number of aromatic nitrogens is 2. The molecule has 0 aliphatic carbocycles. The molecule has 106 valence electrons. The van der Waals surface area contributed by atoms with Gasteiger partial charge in [-0.05, 0) is 13.0 Å². The van der Waals surface area contributed by atoms with Crippen LogP contribution in [0.15, 0.2) is 30.3 Å². The van der Waals surface area contributed by atoms with Gasteiger partial charge in [-0.1, -0.05) is 29.8 Å². The zero-order chi connectivity index (χ0) is 14.5. The minimum Gasteiger partial charge on any atom is -0.434 e. The van der Waals surface area contributed by atoms with Gasteiger partial charge >= 0.3 is 6.61 Å². The van der Waals surface area contributed by atoms with Crippen LogP contribution in [0.2, 0.25) is 5.15 Å². The minimum atomic E-state index is -2.85. The lowest BCUT2D eigenvalue weighted by Gasteiger charge is -2.11. The average molecular weight is 300 g/mol. The molecule has 4 nitrogen and oxygen atoms in total. The Morgan fingerprint density at radius 2 is 2.05 bits per heavy atom. The Morgan fingerprint density at radius 1 is 1.30 bits per heavy atom. The summed E-state index contributed by atoms with van der Waals surface area (Å²) in [6.45, 7) is -0.854. The summed E-state index contributed by atoms with van der Waals surface area (Å²) in [5, 5.41) is 3.31. The van der Waals surface area contributed by atoms with Gasteiger partial charge in [-0.3, -0.25) is 0 Å². The molecular formula is C13H12ClF2N3O. The number of halogens is 3. The van der Waals surface area contributed by atoms with Crippen molar-refractivity contribution in [3.8, 4) is 5.75 Å². The van der Waals surface area contributed by atoms with Crippen molar-refractivity contribution in [2.24, 2.45) is 0 Å². The van der Waals surface area contributed by atoms with Crippen LogP contribution in [-0.2, 0) is 6.54 Å². The Labute approximate surface area is 119 Å². The maximum atomic E-state index is 12.3. The van der Waals surface area contributed by atoms with Crippen molar-refractivity contribution in [2.75, 3.05) is 5.32 Å². The number of anilines is 1. The van der Waals surface area contributed by atoms with E-state index < -0.39 is 6.61 Å². The minimum absolute atomic E-state index is 0.131. The molecule has 7 heteroatoms. The molecular weight excluding hydrogens is 288 g/mol. The van der Waals surface area contributed by atoms with Gasteiger partial charge in [-0.25, -0.2) is 9.97 Å². The Morgan fingerprint density at radius 3 is 2.75 bits per heavy atom. The fourth-order valence-corrected chi connectivity index (χ4v) is 1.89. The van der Waals surface area contributed by atoms with Crippen LogP contribution in [0.25, 0.3) is 0 Å². The third-order valence-corrected chi connectivity index (χ3v) is 2.65. The van der Waals surface area contributed by atoms with Gasteiger partial charge in [0.25, 0.3) is 0 Å². The van der Waals surface area contributed by atoms with Gasteiger partial charge in [0, 0.05) is 18.2 Å². The first-order chi connectivity index (χ1) is 9.54. The molecule has 1 heterocycles. The standard InChI is InChI=1S/C13H12ClF2N3O/c1-8-18-11(14)6-12(19-8)17-7-9-4-2-3-5-10(9)20-13(15)16/h2-6,13H,7H2,1H3,(H,17,18,19). The number of para-hydroxylation sites is 1. The number of nitrogens with zero attached hydrogens (tertiary/aromatic N) is 2. The first-order valence-corrected chi connectivity index (χ1v) is 6.20. The summed E-state index contributed by atoms with van der Waals surface area (Å²) in [6, 6.07) is 8.12. The van der Waals surface area contributed by atoms with Crippen LogP contribution in [0.5, 0.6) is 5.75 Å². The molecule has 2 rings (SSSR count). The second-order valence-corrected chi connectivity index (χ2v) is 4.35. The highest BCUT2D eigenvalue weighted by atomic mass is 35.5. The summed E-state index contributed by atoms with van der Waals surface area (Å²) < 4.78 is 29.0. The van der Waals surface area contributed by atoms with Crippen LogP contribution < -0.4 is 10.1 Å². The highest BCUT2D eigenvalue weighted by Crippen LogP contribution is 2.21. The number of hydrogen-bond donors (Lipinski definition) is 1. The molecule has 1 aromatic carbocycles. The molecule has 20 heavy (non-hydrogen) atoms. The molecule has 0 amide bonds. The fourth-order valence-electron chi connectivity index (χ4n) is 1.67. The second kappa shape index (κ2) is 6.47. The lowest BCUT2D eigenvalue weighted by atomic mass is 10.2. The van der Waals surface area contributed by atoms with Gasteiger partial charge in [-0.15, -0.1) is 0 Å². The summed E-state index contributed by atoms with van der Waals surface area (Å²) in [5.74, 6) is 1.18. The van der Waals surface area contributed by atoms with Gasteiger partial charge in [0.1, 0.15) is 22.5 Å². The number of aryl methyl sites for hydroxylation is 1. The van der Waals surface area contributed by atoms with E-state index in [0.29, 0.717) is 22.4 Å². The van der Waals surface area contributed by atoms with Crippen molar-refractivity contribution >= 4 is 17.4 Å². The number of alkyl halides is 2. The molecule has 0 atom stereocenters. The van der Waals surface area contributed by atoms with Crippen molar-refractivity contribution in [1.29, 1.82) is 0 Å².